The molecule has 5 heteroatoms. The third-order valence-corrected chi connectivity index (χ3v) is 6.63. The van der Waals surface area contributed by atoms with Gasteiger partial charge in [0.25, 0.3) is 0 Å². The van der Waals surface area contributed by atoms with E-state index in [0.29, 0.717) is 37.2 Å². The molecular weight excluding hydrogens is 286 g/mol. The molecule has 0 aromatic heterocycles. The number of fused-ring (bicyclic) bond motifs is 1. The molecule has 1 fully saturated rings. The lowest BCUT2D eigenvalue weighted by Crippen LogP contribution is -2.33. The van der Waals surface area contributed by atoms with Crippen molar-refractivity contribution in [2.45, 2.75) is 55.9 Å². The topological polar surface area (TPSA) is 57.6 Å². The Balaban J connectivity index is 1.86. The van der Waals surface area contributed by atoms with E-state index in [1.165, 1.54) is 15.4 Å². The molecule has 1 aromatic rings. The van der Waals surface area contributed by atoms with E-state index in [2.05, 4.69) is 0 Å². The fourth-order valence-corrected chi connectivity index (χ4v) is 4.87. The van der Waals surface area contributed by atoms with E-state index in [1.807, 2.05) is 12.1 Å². The Bertz CT molecular complexity index is 637. The Hall–Kier alpha value is -0.910. The van der Waals surface area contributed by atoms with Crippen molar-refractivity contribution in [3.05, 3.63) is 29.3 Å². The Morgan fingerprint density at radius 3 is 2.67 bits per heavy atom. The number of nitrogens with zero attached hydrogens (tertiary/aromatic N) is 1. The van der Waals surface area contributed by atoms with Crippen molar-refractivity contribution < 1.29 is 13.5 Å². The molecular formula is C16H23NO3S. The predicted octanol–water partition coefficient (Wildman–Crippen LogP) is 2.10. The second-order valence-electron chi connectivity index (χ2n) is 6.54. The Labute approximate surface area is 126 Å². The lowest BCUT2D eigenvalue weighted by molar-refractivity contribution is 0.0465. The van der Waals surface area contributed by atoms with Crippen molar-refractivity contribution >= 4 is 10.0 Å². The molecule has 1 atom stereocenters. The number of hydrogen-bond donors (Lipinski definition) is 1. The lowest BCUT2D eigenvalue weighted by atomic mass is 9.98. The van der Waals surface area contributed by atoms with Crippen LogP contribution in [0, 0.1) is 0 Å². The summed E-state index contributed by atoms with van der Waals surface area (Å²) in [4.78, 5) is 0.407. The SMILES string of the molecule is CC1(O)CCCN(S(=O)(=O)c2ccc3c(c2)CCC3)CC1. The van der Waals surface area contributed by atoms with Gasteiger partial charge in [-0.3, -0.25) is 0 Å². The summed E-state index contributed by atoms with van der Waals surface area (Å²) in [6, 6.07) is 5.55. The van der Waals surface area contributed by atoms with Crippen LogP contribution in [0.5, 0.6) is 0 Å². The molecule has 1 aliphatic carbocycles. The van der Waals surface area contributed by atoms with Gasteiger partial charge in [-0.2, -0.15) is 4.31 Å². The molecule has 0 radical (unpaired) electrons. The van der Waals surface area contributed by atoms with Gasteiger partial charge in [0.2, 0.25) is 10.0 Å². The normalized spacial score (nSPS) is 27.3. The zero-order valence-electron chi connectivity index (χ0n) is 12.5. The van der Waals surface area contributed by atoms with Gasteiger partial charge >= 0.3 is 0 Å². The summed E-state index contributed by atoms with van der Waals surface area (Å²) in [5.74, 6) is 0. The second kappa shape index (κ2) is 5.38. The van der Waals surface area contributed by atoms with Crippen LogP contribution < -0.4 is 0 Å². The van der Waals surface area contributed by atoms with Crippen molar-refractivity contribution in [1.82, 2.24) is 4.31 Å². The predicted molar refractivity (Wildman–Crippen MR) is 81.7 cm³/mol. The van der Waals surface area contributed by atoms with Crippen LogP contribution in [0.25, 0.3) is 0 Å². The number of hydrogen-bond acceptors (Lipinski definition) is 3. The highest BCUT2D eigenvalue weighted by Gasteiger charge is 2.31. The summed E-state index contributed by atoms with van der Waals surface area (Å²) in [5, 5.41) is 10.1. The summed E-state index contributed by atoms with van der Waals surface area (Å²) in [6.07, 6.45) is 5.01. The van der Waals surface area contributed by atoms with E-state index in [4.69, 9.17) is 0 Å². The molecule has 1 aromatic carbocycles. The fraction of sp³-hybridized carbons (Fsp3) is 0.625. The van der Waals surface area contributed by atoms with Gasteiger partial charge < -0.3 is 5.11 Å². The van der Waals surface area contributed by atoms with Crippen LogP contribution in [0.1, 0.15) is 43.7 Å². The first-order valence-electron chi connectivity index (χ1n) is 7.73. The van der Waals surface area contributed by atoms with Gasteiger partial charge in [-0.05, 0) is 68.7 Å². The molecule has 21 heavy (non-hydrogen) atoms. The fourth-order valence-electron chi connectivity index (χ4n) is 3.34. The van der Waals surface area contributed by atoms with Gasteiger partial charge in [-0.15, -0.1) is 0 Å². The highest BCUT2D eigenvalue weighted by atomic mass is 32.2. The Morgan fingerprint density at radius 1 is 1.10 bits per heavy atom. The summed E-state index contributed by atoms with van der Waals surface area (Å²) < 4.78 is 27.1. The number of benzene rings is 1. The Kier molecular flexibility index (Phi) is 3.84. The van der Waals surface area contributed by atoms with Crippen LogP contribution in [0.2, 0.25) is 0 Å². The van der Waals surface area contributed by atoms with E-state index < -0.39 is 15.6 Å². The van der Waals surface area contributed by atoms with Crippen molar-refractivity contribution in [2.24, 2.45) is 0 Å². The first kappa shape index (κ1) is 15.0. The molecule has 1 N–H and O–H groups in total. The van der Waals surface area contributed by atoms with Crippen LogP contribution in [0.4, 0.5) is 0 Å². The van der Waals surface area contributed by atoms with Crippen LogP contribution in [-0.2, 0) is 22.9 Å². The molecule has 0 bridgehead atoms. The van der Waals surface area contributed by atoms with Crippen molar-refractivity contribution in [2.75, 3.05) is 13.1 Å². The molecule has 2 aliphatic rings. The third kappa shape index (κ3) is 3.00. The smallest absolute Gasteiger partial charge is 0.243 e. The van der Waals surface area contributed by atoms with Crippen molar-refractivity contribution in [3.8, 4) is 0 Å². The minimum atomic E-state index is -3.43. The van der Waals surface area contributed by atoms with E-state index in [0.717, 1.165) is 19.3 Å². The number of aryl methyl sites for hydroxylation is 2. The summed E-state index contributed by atoms with van der Waals surface area (Å²) in [5.41, 5.74) is 1.72. The zero-order chi connectivity index (χ0) is 15.1. The maximum absolute atomic E-state index is 12.8. The standard InChI is InChI=1S/C16H23NO3S/c1-16(18)8-3-10-17(11-9-16)21(19,20)15-7-6-13-4-2-5-14(13)12-15/h6-7,12,18H,2-5,8-11H2,1H3. The van der Waals surface area contributed by atoms with Gasteiger partial charge in [0.15, 0.2) is 0 Å². The van der Waals surface area contributed by atoms with E-state index in [-0.39, 0.29) is 0 Å². The Morgan fingerprint density at radius 2 is 1.86 bits per heavy atom. The molecule has 0 spiro atoms. The van der Waals surface area contributed by atoms with Crippen LogP contribution in [0.15, 0.2) is 23.1 Å². The monoisotopic (exact) mass is 309 g/mol. The number of rotatable bonds is 2. The van der Waals surface area contributed by atoms with Gasteiger partial charge in [-0.25, -0.2) is 8.42 Å². The van der Waals surface area contributed by atoms with Crippen LogP contribution >= 0.6 is 0 Å². The van der Waals surface area contributed by atoms with Gasteiger partial charge in [-0.1, -0.05) is 6.07 Å². The lowest BCUT2D eigenvalue weighted by Gasteiger charge is -2.22. The van der Waals surface area contributed by atoms with Gasteiger partial charge in [0, 0.05) is 13.1 Å². The number of aliphatic hydroxyl groups is 1. The molecule has 1 saturated heterocycles. The largest absolute Gasteiger partial charge is 0.390 e. The summed E-state index contributed by atoms with van der Waals surface area (Å²) in [6.45, 7) is 2.68. The van der Waals surface area contributed by atoms with E-state index >= 15 is 0 Å². The summed E-state index contributed by atoms with van der Waals surface area (Å²) in [7, 11) is -3.43. The molecule has 0 saturated carbocycles. The van der Waals surface area contributed by atoms with Crippen molar-refractivity contribution in [1.29, 1.82) is 0 Å². The molecule has 1 unspecified atom stereocenters. The zero-order valence-corrected chi connectivity index (χ0v) is 13.3. The quantitative estimate of drug-likeness (QED) is 0.910. The molecule has 4 nitrogen and oxygen atoms in total. The third-order valence-electron chi connectivity index (χ3n) is 4.73. The minimum Gasteiger partial charge on any atom is -0.390 e. The highest BCUT2D eigenvalue weighted by Crippen LogP contribution is 2.29. The molecule has 3 rings (SSSR count). The maximum atomic E-state index is 12.8. The molecule has 0 amide bonds. The second-order valence-corrected chi connectivity index (χ2v) is 8.48. The van der Waals surface area contributed by atoms with Crippen molar-refractivity contribution in [3.63, 3.8) is 0 Å². The van der Waals surface area contributed by atoms with E-state index in [1.54, 1.807) is 13.0 Å². The minimum absolute atomic E-state index is 0.395. The van der Waals surface area contributed by atoms with E-state index in [9.17, 15) is 13.5 Å². The van der Waals surface area contributed by atoms with Crippen LogP contribution in [-0.4, -0.2) is 36.5 Å². The first-order valence-corrected chi connectivity index (χ1v) is 9.17. The van der Waals surface area contributed by atoms with Crippen LogP contribution in [0.3, 0.4) is 0 Å². The first-order chi connectivity index (χ1) is 9.88. The average molecular weight is 309 g/mol. The molecule has 1 aliphatic heterocycles. The maximum Gasteiger partial charge on any atom is 0.243 e. The average Bonchev–Trinajstić information content (AvgIpc) is 2.81. The van der Waals surface area contributed by atoms with Gasteiger partial charge in [0.05, 0.1) is 10.5 Å². The van der Waals surface area contributed by atoms with Gasteiger partial charge in [0.1, 0.15) is 0 Å². The molecule has 116 valence electrons. The highest BCUT2D eigenvalue weighted by molar-refractivity contribution is 7.89. The summed E-state index contributed by atoms with van der Waals surface area (Å²) >= 11 is 0. The number of sulfonamides is 1. The molecule has 1 heterocycles.